The number of ketones is 1. The molecule has 1 aliphatic rings. The molecule has 0 spiro atoms. The summed E-state index contributed by atoms with van der Waals surface area (Å²) in [5, 5.41) is 2.76. The molecule has 1 N–H and O–H groups in total. The average Bonchev–Trinajstić information content (AvgIpc) is 3.04. The molecule has 25 heavy (non-hydrogen) atoms. The minimum Gasteiger partial charge on any atom is -0.456 e. The van der Waals surface area contributed by atoms with Crippen LogP contribution in [0.5, 0.6) is 0 Å². The van der Waals surface area contributed by atoms with Crippen LogP contribution in [0.4, 0.5) is 5.69 Å². The van der Waals surface area contributed by atoms with Crippen LogP contribution in [-0.4, -0.2) is 61.3 Å². The van der Waals surface area contributed by atoms with Gasteiger partial charge in [-0.3, -0.25) is 14.5 Å². The number of nitrogens with one attached hydrogen (secondary N) is 1. The van der Waals surface area contributed by atoms with E-state index in [-0.39, 0.29) is 17.5 Å². The van der Waals surface area contributed by atoms with Crippen molar-refractivity contribution < 1.29 is 14.0 Å². The van der Waals surface area contributed by atoms with Crippen LogP contribution in [0.1, 0.15) is 26.7 Å². The Bertz CT molecular complexity index is 744. The van der Waals surface area contributed by atoms with Gasteiger partial charge in [0.2, 0.25) is 0 Å². The molecule has 0 atom stereocenters. The fourth-order valence-corrected chi connectivity index (χ4v) is 2.79. The zero-order chi connectivity index (χ0) is 17.8. The number of rotatable bonds is 5. The molecule has 1 saturated heterocycles. The molecular weight excluding hydrogens is 318 g/mol. The van der Waals surface area contributed by atoms with E-state index < -0.39 is 0 Å². The van der Waals surface area contributed by atoms with Crippen LogP contribution < -0.4 is 5.32 Å². The normalized spacial score (nSPS) is 15.9. The van der Waals surface area contributed by atoms with Gasteiger partial charge in [0.15, 0.2) is 11.5 Å². The second-order valence-electron chi connectivity index (χ2n) is 6.44. The van der Waals surface area contributed by atoms with Gasteiger partial charge in [-0.2, -0.15) is 0 Å². The van der Waals surface area contributed by atoms with Gasteiger partial charge in [-0.15, -0.1) is 0 Å². The van der Waals surface area contributed by atoms with E-state index in [9.17, 15) is 9.59 Å². The Hall–Kier alpha value is -2.44. The van der Waals surface area contributed by atoms with Crippen LogP contribution in [0.3, 0.4) is 0 Å². The first-order valence-corrected chi connectivity index (χ1v) is 8.43. The molecule has 6 nitrogen and oxygen atoms in total. The minimum absolute atomic E-state index is 0.101. The van der Waals surface area contributed by atoms with Gasteiger partial charge in [0.1, 0.15) is 5.76 Å². The number of Topliss-reactive ketones (excluding diaryl/α,β-unsaturated/α-hetero) is 1. The van der Waals surface area contributed by atoms with E-state index in [4.69, 9.17) is 4.42 Å². The molecular formula is C19H23N3O3. The molecule has 132 valence electrons. The highest BCUT2D eigenvalue weighted by Crippen LogP contribution is 2.14. The van der Waals surface area contributed by atoms with Gasteiger partial charge >= 0.3 is 0 Å². The second kappa shape index (κ2) is 7.63. The Labute approximate surface area is 147 Å². The predicted molar refractivity (Wildman–Crippen MR) is 96.1 cm³/mol. The molecule has 0 saturated carbocycles. The predicted octanol–water partition coefficient (Wildman–Crippen LogP) is 2.27. The molecule has 0 radical (unpaired) electrons. The first-order chi connectivity index (χ1) is 12.0. The maximum Gasteiger partial charge on any atom is 0.291 e. The largest absolute Gasteiger partial charge is 0.456 e. The highest BCUT2D eigenvalue weighted by Gasteiger charge is 2.17. The minimum atomic E-state index is -0.301. The number of likely N-dealkylation sites (N-methyl/N-ethyl adjacent to an activating group) is 1. The summed E-state index contributed by atoms with van der Waals surface area (Å²) in [6.45, 7) is 6.04. The van der Waals surface area contributed by atoms with Crippen molar-refractivity contribution in [2.24, 2.45) is 0 Å². The van der Waals surface area contributed by atoms with Crippen molar-refractivity contribution in [3.63, 3.8) is 0 Å². The van der Waals surface area contributed by atoms with Gasteiger partial charge in [0.25, 0.3) is 5.91 Å². The smallest absolute Gasteiger partial charge is 0.291 e. The van der Waals surface area contributed by atoms with Gasteiger partial charge in [-0.1, -0.05) is 0 Å². The molecule has 1 aromatic carbocycles. The molecule has 0 aliphatic carbocycles. The van der Waals surface area contributed by atoms with E-state index in [0.29, 0.717) is 23.6 Å². The van der Waals surface area contributed by atoms with Crippen molar-refractivity contribution in [3.8, 4) is 0 Å². The summed E-state index contributed by atoms with van der Waals surface area (Å²) in [6.07, 6.45) is 0. The van der Waals surface area contributed by atoms with Gasteiger partial charge in [0, 0.05) is 37.4 Å². The van der Waals surface area contributed by atoms with Gasteiger partial charge < -0.3 is 14.6 Å². The highest BCUT2D eigenvalue weighted by atomic mass is 16.3. The maximum atomic E-state index is 12.4. The van der Waals surface area contributed by atoms with Gasteiger partial charge in [0.05, 0.1) is 6.54 Å². The number of anilines is 1. The monoisotopic (exact) mass is 341 g/mol. The third-order valence-corrected chi connectivity index (χ3v) is 4.39. The molecule has 3 rings (SSSR count). The number of amides is 1. The van der Waals surface area contributed by atoms with Crippen LogP contribution in [0.2, 0.25) is 0 Å². The standard InChI is InChI=1S/C19H23N3O3/c1-14-3-8-18(25-14)19(24)20-16-6-4-15(5-7-16)17(23)13-22-11-9-21(2)10-12-22/h3-8H,9-13H2,1-2H3,(H,20,24). The fourth-order valence-electron chi connectivity index (χ4n) is 2.79. The first kappa shape index (κ1) is 17.4. The maximum absolute atomic E-state index is 12.4. The number of aryl methyl sites for hydroxylation is 1. The fraction of sp³-hybridized carbons (Fsp3) is 0.368. The molecule has 6 heteroatoms. The summed E-state index contributed by atoms with van der Waals surface area (Å²) in [5.41, 5.74) is 1.29. The Kier molecular flexibility index (Phi) is 5.31. The van der Waals surface area contributed by atoms with Crippen molar-refractivity contribution in [2.45, 2.75) is 6.92 Å². The Morgan fingerprint density at radius 3 is 2.32 bits per heavy atom. The van der Waals surface area contributed by atoms with E-state index in [1.165, 1.54) is 0 Å². The van der Waals surface area contributed by atoms with E-state index >= 15 is 0 Å². The van der Waals surface area contributed by atoms with Gasteiger partial charge in [-0.25, -0.2) is 0 Å². The Balaban J connectivity index is 1.56. The molecule has 1 aromatic heterocycles. The highest BCUT2D eigenvalue weighted by molar-refractivity contribution is 6.03. The number of carbonyl (C=O) groups excluding carboxylic acids is 2. The first-order valence-electron chi connectivity index (χ1n) is 8.43. The lowest BCUT2D eigenvalue weighted by Crippen LogP contribution is -2.46. The van der Waals surface area contributed by atoms with Crippen molar-refractivity contribution in [2.75, 3.05) is 45.1 Å². The quantitative estimate of drug-likeness (QED) is 0.845. The van der Waals surface area contributed by atoms with Gasteiger partial charge in [-0.05, 0) is 50.4 Å². The number of furan rings is 1. The Morgan fingerprint density at radius 1 is 1.04 bits per heavy atom. The number of nitrogens with zero attached hydrogens (tertiary/aromatic N) is 2. The summed E-state index contributed by atoms with van der Waals surface area (Å²) in [5.74, 6) is 0.761. The molecule has 0 unspecified atom stereocenters. The molecule has 1 amide bonds. The zero-order valence-electron chi connectivity index (χ0n) is 14.6. The molecule has 1 aliphatic heterocycles. The van der Waals surface area contributed by atoms with Crippen molar-refractivity contribution in [3.05, 3.63) is 53.5 Å². The second-order valence-corrected chi connectivity index (χ2v) is 6.44. The van der Waals surface area contributed by atoms with Crippen LogP contribution in [0.15, 0.2) is 40.8 Å². The molecule has 2 aromatic rings. The lowest BCUT2D eigenvalue weighted by molar-refractivity contribution is 0.0876. The third kappa shape index (κ3) is 4.55. The van der Waals surface area contributed by atoms with Crippen molar-refractivity contribution in [1.82, 2.24) is 9.80 Å². The van der Waals surface area contributed by atoms with E-state index in [1.54, 1.807) is 43.3 Å². The zero-order valence-corrected chi connectivity index (χ0v) is 14.6. The van der Waals surface area contributed by atoms with E-state index in [2.05, 4.69) is 22.2 Å². The number of benzene rings is 1. The van der Waals surface area contributed by atoms with Crippen LogP contribution in [0, 0.1) is 6.92 Å². The lowest BCUT2D eigenvalue weighted by Gasteiger charge is -2.31. The Morgan fingerprint density at radius 2 is 1.72 bits per heavy atom. The number of hydrogen-bond acceptors (Lipinski definition) is 5. The molecule has 0 bridgehead atoms. The summed E-state index contributed by atoms with van der Waals surface area (Å²) >= 11 is 0. The topological polar surface area (TPSA) is 65.8 Å². The average molecular weight is 341 g/mol. The number of piperazine rings is 1. The van der Waals surface area contributed by atoms with Crippen LogP contribution in [-0.2, 0) is 0 Å². The van der Waals surface area contributed by atoms with Crippen molar-refractivity contribution >= 4 is 17.4 Å². The lowest BCUT2D eigenvalue weighted by atomic mass is 10.1. The summed E-state index contributed by atoms with van der Waals surface area (Å²) in [7, 11) is 2.09. The number of carbonyl (C=O) groups is 2. The van der Waals surface area contributed by atoms with Crippen molar-refractivity contribution in [1.29, 1.82) is 0 Å². The molecule has 1 fully saturated rings. The summed E-state index contributed by atoms with van der Waals surface area (Å²) in [4.78, 5) is 28.9. The SMILES string of the molecule is Cc1ccc(C(=O)Nc2ccc(C(=O)CN3CCN(C)CC3)cc2)o1. The van der Waals surface area contributed by atoms with Crippen LogP contribution in [0.25, 0.3) is 0 Å². The van der Waals surface area contributed by atoms with E-state index in [0.717, 1.165) is 26.2 Å². The summed E-state index contributed by atoms with van der Waals surface area (Å²) in [6, 6.07) is 10.4. The molecule has 2 heterocycles. The third-order valence-electron chi connectivity index (χ3n) is 4.39. The van der Waals surface area contributed by atoms with E-state index in [1.807, 2.05) is 0 Å². The van der Waals surface area contributed by atoms with Crippen LogP contribution >= 0.6 is 0 Å². The summed E-state index contributed by atoms with van der Waals surface area (Å²) < 4.78 is 5.30. The number of hydrogen-bond donors (Lipinski definition) is 1.